The van der Waals surface area contributed by atoms with Crippen molar-refractivity contribution < 1.29 is 13.2 Å². The quantitative estimate of drug-likeness (QED) is 0.557. The second-order valence-corrected chi connectivity index (χ2v) is 8.29. The van der Waals surface area contributed by atoms with Crippen molar-refractivity contribution in [2.45, 2.75) is 4.90 Å². The maximum Gasteiger partial charge on any atom is 0.247 e. The Bertz CT molecular complexity index is 1270. The summed E-state index contributed by atoms with van der Waals surface area (Å²) < 4.78 is 30.7. The highest BCUT2D eigenvalue weighted by molar-refractivity contribution is 7.90. The van der Waals surface area contributed by atoms with Crippen molar-refractivity contribution in [3.8, 4) is 17.0 Å². The van der Waals surface area contributed by atoms with Crippen LogP contribution in [0.4, 0.5) is 11.6 Å². The molecule has 4 aromatic rings. The molecule has 0 aliphatic rings. The van der Waals surface area contributed by atoms with Gasteiger partial charge in [0.1, 0.15) is 5.75 Å². The first-order chi connectivity index (χ1) is 13.4. The predicted octanol–water partition coefficient (Wildman–Crippen LogP) is 3.55. The van der Waals surface area contributed by atoms with E-state index in [9.17, 15) is 8.42 Å². The fraction of sp³-hybridized carbons (Fsp3) is 0.100. The van der Waals surface area contributed by atoms with Gasteiger partial charge >= 0.3 is 0 Å². The molecule has 28 heavy (non-hydrogen) atoms. The molecule has 0 aliphatic heterocycles. The van der Waals surface area contributed by atoms with E-state index in [4.69, 9.17) is 4.74 Å². The Morgan fingerprint density at radius 3 is 2.57 bits per heavy atom. The van der Waals surface area contributed by atoms with Crippen molar-refractivity contribution in [1.82, 2.24) is 14.6 Å². The van der Waals surface area contributed by atoms with Gasteiger partial charge < -0.3 is 10.1 Å². The standard InChI is InChI=1S/C20H18N4O3S/c1-27-16-8-4-7-15(13-16)21-20-22-19-11-5-10-18(24(19)23-20)14-6-3-9-17(12-14)28(2,25)26/h3-13H,1-2H3,(H,21,23). The van der Waals surface area contributed by atoms with Crippen molar-refractivity contribution in [2.75, 3.05) is 18.7 Å². The third kappa shape index (κ3) is 3.54. The normalized spacial score (nSPS) is 11.5. The lowest BCUT2D eigenvalue weighted by Crippen LogP contribution is -1.99. The first-order valence-electron chi connectivity index (χ1n) is 8.51. The van der Waals surface area contributed by atoms with Gasteiger partial charge in [0.2, 0.25) is 5.95 Å². The summed E-state index contributed by atoms with van der Waals surface area (Å²) in [5.74, 6) is 1.16. The van der Waals surface area contributed by atoms with Gasteiger partial charge in [0.05, 0.1) is 17.7 Å². The lowest BCUT2D eigenvalue weighted by molar-refractivity contribution is 0.415. The molecule has 0 aliphatic carbocycles. The Labute approximate surface area is 162 Å². The summed E-state index contributed by atoms with van der Waals surface area (Å²) in [5, 5.41) is 7.70. The Morgan fingerprint density at radius 2 is 1.79 bits per heavy atom. The molecule has 2 aromatic heterocycles. The molecule has 0 amide bonds. The van der Waals surface area contributed by atoms with E-state index in [2.05, 4.69) is 15.4 Å². The van der Waals surface area contributed by atoms with Crippen LogP contribution >= 0.6 is 0 Å². The number of pyridine rings is 1. The number of ether oxygens (including phenoxy) is 1. The maximum absolute atomic E-state index is 11.9. The zero-order chi connectivity index (χ0) is 19.7. The second-order valence-electron chi connectivity index (χ2n) is 6.27. The molecule has 142 valence electrons. The average Bonchev–Trinajstić information content (AvgIpc) is 3.10. The molecule has 0 radical (unpaired) electrons. The highest BCUT2D eigenvalue weighted by Gasteiger charge is 2.12. The minimum absolute atomic E-state index is 0.261. The van der Waals surface area contributed by atoms with Crippen LogP contribution in [0.15, 0.2) is 71.6 Å². The Morgan fingerprint density at radius 1 is 1.00 bits per heavy atom. The maximum atomic E-state index is 11.9. The third-order valence-corrected chi connectivity index (χ3v) is 5.35. The van der Waals surface area contributed by atoms with Gasteiger partial charge in [-0.15, -0.1) is 5.10 Å². The molecule has 0 saturated heterocycles. The first-order valence-corrected chi connectivity index (χ1v) is 10.4. The molecular weight excluding hydrogens is 376 g/mol. The van der Waals surface area contributed by atoms with Crippen molar-refractivity contribution in [3.63, 3.8) is 0 Å². The summed E-state index contributed by atoms with van der Waals surface area (Å²) in [7, 11) is -1.69. The van der Waals surface area contributed by atoms with Crippen LogP contribution < -0.4 is 10.1 Å². The molecule has 0 bridgehead atoms. The number of hydrogen-bond acceptors (Lipinski definition) is 6. The summed E-state index contributed by atoms with van der Waals surface area (Å²) in [6, 6.07) is 19.8. The SMILES string of the molecule is COc1cccc(Nc2nc3cccc(-c4cccc(S(C)(=O)=O)c4)n3n2)c1. The van der Waals surface area contributed by atoms with Gasteiger partial charge in [-0.2, -0.15) is 4.98 Å². The van der Waals surface area contributed by atoms with Crippen LogP contribution in [0, 0.1) is 0 Å². The minimum atomic E-state index is -3.30. The van der Waals surface area contributed by atoms with Crippen LogP contribution in [0.1, 0.15) is 0 Å². The van der Waals surface area contributed by atoms with E-state index in [0.717, 1.165) is 22.7 Å². The topological polar surface area (TPSA) is 85.6 Å². The Balaban J connectivity index is 1.75. The number of nitrogens with zero attached hydrogens (tertiary/aromatic N) is 3. The molecule has 2 heterocycles. The molecule has 1 N–H and O–H groups in total. The van der Waals surface area contributed by atoms with Crippen LogP contribution in [0.5, 0.6) is 5.75 Å². The Hall–Kier alpha value is -3.39. The summed E-state index contributed by atoms with van der Waals surface area (Å²) in [6.07, 6.45) is 1.19. The largest absolute Gasteiger partial charge is 0.497 e. The van der Waals surface area contributed by atoms with Gasteiger partial charge in [0, 0.05) is 23.6 Å². The summed E-state index contributed by atoms with van der Waals surface area (Å²) in [4.78, 5) is 4.76. The van der Waals surface area contributed by atoms with E-state index in [1.165, 1.54) is 6.26 Å². The lowest BCUT2D eigenvalue weighted by Gasteiger charge is -2.06. The number of hydrogen-bond donors (Lipinski definition) is 1. The lowest BCUT2D eigenvalue weighted by atomic mass is 10.1. The molecular formula is C20H18N4O3S. The number of sulfone groups is 1. The highest BCUT2D eigenvalue weighted by Crippen LogP contribution is 2.25. The van der Waals surface area contributed by atoms with E-state index in [0.29, 0.717) is 11.6 Å². The molecule has 0 atom stereocenters. The monoisotopic (exact) mass is 394 g/mol. The molecule has 8 heteroatoms. The van der Waals surface area contributed by atoms with Gasteiger partial charge in [0.25, 0.3) is 0 Å². The van der Waals surface area contributed by atoms with E-state index in [1.807, 2.05) is 48.5 Å². The van der Waals surface area contributed by atoms with Crippen LogP contribution in [-0.4, -0.2) is 36.4 Å². The van der Waals surface area contributed by atoms with Gasteiger partial charge in [-0.25, -0.2) is 12.9 Å². The fourth-order valence-electron chi connectivity index (χ4n) is 2.89. The zero-order valence-electron chi connectivity index (χ0n) is 15.3. The second kappa shape index (κ2) is 6.97. The molecule has 0 unspecified atom stereocenters. The molecule has 0 fully saturated rings. The smallest absolute Gasteiger partial charge is 0.247 e. The van der Waals surface area contributed by atoms with Crippen molar-refractivity contribution in [3.05, 3.63) is 66.7 Å². The number of nitrogens with one attached hydrogen (secondary N) is 1. The molecule has 7 nitrogen and oxygen atoms in total. The number of methoxy groups -OCH3 is 1. The minimum Gasteiger partial charge on any atom is -0.497 e. The summed E-state index contributed by atoms with van der Waals surface area (Å²) in [5.41, 5.74) is 2.93. The number of anilines is 2. The molecule has 0 spiro atoms. The van der Waals surface area contributed by atoms with Crippen molar-refractivity contribution in [2.24, 2.45) is 0 Å². The van der Waals surface area contributed by atoms with Gasteiger partial charge in [-0.1, -0.05) is 24.3 Å². The zero-order valence-corrected chi connectivity index (χ0v) is 16.1. The fourth-order valence-corrected chi connectivity index (χ4v) is 3.56. The summed E-state index contributed by atoms with van der Waals surface area (Å²) in [6.45, 7) is 0. The highest BCUT2D eigenvalue weighted by atomic mass is 32.2. The molecule has 2 aromatic carbocycles. The van der Waals surface area contributed by atoms with Crippen LogP contribution in [-0.2, 0) is 9.84 Å². The number of benzene rings is 2. The Kier molecular flexibility index (Phi) is 4.48. The third-order valence-electron chi connectivity index (χ3n) is 4.24. The van der Waals surface area contributed by atoms with E-state index in [1.54, 1.807) is 29.8 Å². The summed E-state index contributed by atoms with van der Waals surface area (Å²) >= 11 is 0. The van der Waals surface area contributed by atoms with Gasteiger partial charge in [0.15, 0.2) is 15.5 Å². The van der Waals surface area contributed by atoms with Crippen molar-refractivity contribution >= 4 is 27.1 Å². The molecule has 0 saturated carbocycles. The number of aromatic nitrogens is 3. The number of rotatable bonds is 5. The van der Waals surface area contributed by atoms with E-state index in [-0.39, 0.29) is 4.90 Å². The van der Waals surface area contributed by atoms with E-state index < -0.39 is 9.84 Å². The molecule has 4 rings (SSSR count). The van der Waals surface area contributed by atoms with Crippen molar-refractivity contribution in [1.29, 1.82) is 0 Å². The predicted molar refractivity (Wildman–Crippen MR) is 108 cm³/mol. The van der Waals surface area contributed by atoms with Crippen LogP contribution in [0.3, 0.4) is 0 Å². The average molecular weight is 394 g/mol. The van der Waals surface area contributed by atoms with Gasteiger partial charge in [-0.05, 0) is 36.4 Å². The first kappa shape index (κ1) is 18.0. The van der Waals surface area contributed by atoms with E-state index >= 15 is 0 Å². The number of fused-ring (bicyclic) bond motifs is 1. The van der Waals surface area contributed by atoms with Gasteiger partial charge in [-0.3, -0.25) is 0 Å². The van der Waals surface area contributed by atoms with Crippen LogP contribution in [0.2, 0.25) is 0 Å². The van der Waals surface area contributed by atoms with Crippen LogP contribution in [0.25, 0.3) is 16.9 Å².